The summed E-state index contributed by atoms with van der Waals surface area (Å²) in [6, 6.07) is 24.2. The van der Waals surface area contributed by atoms with Crippen molar-refractivity contribution in [2.45, 2.75) is 35.4 Å². The minimum atomic E-state index is -1.55. The van der Waals surface area contributed by atoms with Crippen molar-refractivity contribution in [3.05, 3.63) is 90.0 Å². The van der Waals surface area contributed by atoms with E-state index in [2.05, 4.69) is 5.32 Å². The van der Waals surface area contributed by atoms with Gasteiger partial charge in [0.15, 0.2) is 5.60 Å². The first-order valence-electron chi connectivity index (χ1n) is 11.6. The SMILES string of the molecule is O=C1CC[C@]23O[C@](c4ccccc4)(C(=O)c4ccccc4N12)[C@H]1Nc2ccccc2SCC(=O)N13. The van der Waals surface area contributed by atoms with Gasteiger partial charge in [-0.25, -0.2) is 0 Å². The summed E-state index contributed by atoms with van der Waals surface area (Å²) in [5.41, 5.74) is 0.797. The number of ketones is 1. The number of nitrogens with one attached hydrogen (secondary N) is 1. The first-order chi connectivity index (χ1) is 17.1. The minimum absolute atomic E-state index is 0.169. The summed E-state index contributed by atoms with van der Waals surface area (Å²) in [6.45, 7) is 0. The van der Waals surface area contributed by atoms with E-state index in [1.54, 1.807) is 34.1 Å². The van der Waals surface area contributed by atoms with Gasteiger partial charge in [-0.2, -0.15) is 0 Å². The smallest absolute Gasteiger partial charge is 0.238 e. The number of nitrogens with zero attached hydrogens (tertiary/aromatic N) is 2. The van der Waals surface area contributed by atoms with Crippen LogP contribution in [0.1, 0.15) is 28.8 Å². The molecule has 0 radical (unpaired) electrons. The van der Waals surface area contributed by atoms with Gasteiger partial charge < -0.3 is 10.1 Å². The number of Topliss-reactive ketones (excluding diaryl/α,β-unsaturated/α-hetero) is 1. The zero-order valence-electron chi connectivity index (χ0n) is 18.6. The predicted octanol–water partition coefficient (Wildman–Crippen LogP) is 3.96. The third kappa shape index (κ3) is 2.58. The Labute approximate surface area is 206 Å². The second-order valence-corrected chi connectivity index (χ2v) is 10.1. The monoisotopic (exact) mass is 483 g/mol. The molecule has 2 amide bonds. The Hall–Kier alpha value is -3.62. The van der Waals surface area contributed by atoms with E-state index in [4.69, 9.17) is 4.74 Å². The number of hydrogen-bond acceptors (Lipinski definition) is 6. The van der Waals surface area contributed by atoms with Gasteiger partial charge in [0.1, 0.15) is 6.17 Å². The summed E-state index contributed by atoms with van der Waals surface area (Å²) in [4.78, 5) is 45.9. The van der Waals surface area contributed by atoms with Gasteiger partial charge in [-0.05, 0) is 29.8 Å². The number of ether oxygens (including phenoxy) is 1. The van der Waals surface area contributed by atoms with E-state index in [-0.39, 0.29) is 36.2 Å². The lowest BCUT2D eigenvalue weighted by atomic mass is 9.82. The second kappa shape index (κ2) is 7.19. The van der Waals surface area contributed by atoms with Gasteiger partial charge in [0, 0.05) is 29.0 Å². The quantitative estimate of drug-likeness (QED) is 0.565. The molecule has 2 bridgehead atoms. The van der Waals surface area contributed by atoms with E-state index in [0.717, 1.165) is 10.6 Å². The highest BCUT2D eigenvalue weighted by atomic mass is 32.2. The Morgan fingerprint density at radius 2 is 1.63 bits per heavy atom. The van der Waals surface area contributed by atoms with Crippen molar-refractivity contribution < 1.29 is 19.1 Å². The van der Waals surface area contributed by atoms with E-state index < -0.39 is 17.6 Å². The molecule has 2 fully saturated rings. The Morgan fingerprint density at radius 1 is 0.886 bits per heavy atom. The van der Waals surface area contributed by atoms with Crippen LogP contribution in [0.4, 0.5) is 11.4 Å². The summed E-state index contributed by atoms with van der Waals surface area (Å²) in [5, 5.41) is 3.51. The summed E-state index contributed by atoms with van der Waals surface area (Å²) >= 11 is 1.43. The van der Waals surface area contributed by atoms with E-state index in [1.807, 2.05) is 54.6 Å². The van der Waals surface area contributed by atoms with Gasteiger partial charge in [-0.1, -0.05) is 54.6 Å². The van der Waals surface area contributed by atoms with Crippen LogP contribution in [0.15, 0.2) is 83.8 Å². The standard InChI is InChI=1S/C27H21N3O4S/c31-22-14-15-26-29(22)20-12-6-4-10-18(20)24(33)27(34-26,17-8-2-1-3-9-17)25-28-19-11-5-7-13-21(19)35-16-23(32)30(25)26/h1-13,25,28H,14-16H2/t25-,26-,27+/m0/s1. The van der Waals surface area contributed by atoms with Crippen LogP contribution in [0.5, 0.6) is 0 Å². The first-order valence-corrected chi connectivity index (χ1v) is 12.6. The fraction of sp³-hybridized carbons (Fsp3) is 0.222. The molecule has 4 aliphatic heterocycles. The second-order valence-electron chi connectivity index (χ2n) is 9.12. The van der Waals surface area contributed by atoms with Crippen molar-refractivity contribution in [2.75, 3.05) is 16.0 Å². The molecular formula is C27H21N3O4S. The molecule has 0 saturated carbocycles. The molecule has 3 aromatic carbocycles. The Morgan fingerprint density at radius 3 is 2.49 bits per heavy atom. The first kappa shape index (κ1) is 20.7. The zero-order valence-corrected chi connectivity index (χ0v) is 19.5. The minimum Gasteiger partial charge on any atom is -0.361 e. The molecule has 4 aliphatic rings. The average molecular weight is 484 g/mol. The molecule has 2 saturated heterocycles. The molecule has 0 aromatic heterocycles. The van der Waals surface area contributed by atoms with Crippen LogP contribution in [0, 0.1) is 0 Å². The molecule has 0 unspecified atom stereocenters. The highest BCUT2D eigenvalue weighted by molar-refractivity contribution is 8.00. The maximum Gasteiger partial charge on any atom is 0.238 e. The molecular weight excluding hydrogens is 462 g/mol. The van der Waals surface area contributed by atoms with Crippen molar-refractivity contribution >= 4 is 40.7 Å². The van der Waals surface area contributed by atoms with Crippen molar-refractivity contribution in [3.8, 4) is 0 Å². The number of hydrogen-bond donors (Lipinski definition) is 1. The Bertz CT molecular complexity index is 1410. The molecule has 3 atom stereocenters. The number of thioether (sulfide) groups is 1. The van der Waals surface area contributed by atoms with Crippen LogP contribution < -0.4 is 10.2 Å². The number of anilines is 2. The number of para-hydroxylation sites is 2. The lowest BCUT2D eigenvalue weighted by Gasteiger charge is -2.43. The molecule has 174 valence electrons. The molecule has 1 N–H and O–H groups in total. The summed E-state index contributed by atoms with van der Waals surface area (Å²) < 4.78 is 6.91. The number of rotatable bonds is 1. The van der Waals surface area contributed by atoms with Crippen LogP contribution in [-0.4, -0.2) is 40.3 Å². The molecule has 0 aliphatic carbocycles. The van der Waals surface area contributed by atoms with Crippen molar-refractivity contribution in [1.29, 1.82) is 0 Å². The largest absolute Gasteiger partial charge is 0.361 e. The Kier molecular flexibility index (Phi) is 4.26. The predicted molar refractivity (Wildman–Crippen MR) is 131 cm³/mol. The van der Waals surface area contributed by atoms with Crippen molar-refractivity contribution in [2.24, 2.45) is 0 Å². The number of carbonyl (C=O) groups excluding carboxylic acids is 3. The highest BCUT2D eigenvalue weighted by Crippen LogP contribution is 2.58. The zero-order chi connectivity index (χ0) is 23.8. The van der Waals surface area contributed by atoms with Crippen LogP contribution in [0.25, 0.3) is 0 Å². The van der Waals surface area contributed by atoms with E-state index in [0.29, 0.717) is 16.8 Å². The molecule has 7 nitrogen and oxygen atoms in total. The number of benzene rings is 3. The molecule has 4 heterocycles. The van der Waals surface area contributed by atoms with E-state index >= 15 is 0 Å². The lowest BCUT2D eigenvalue weighted by Crippen LogP contribution is -2.63. The van der Waals surface area contributed by atoms with Gasteiger partial charge in [-0.3, -0.25) is 24.2 Å². The third-order valence-electron chi connectivity index (χ3n) is 7.34. The maximum absolute atomic E-state index is 14.6. The normalized spacial score (nSPS) is 28.8. The summed E-state index contributed by atoms with van der Waals surface area (Å²) in [5.74, 6) is -1.87. The maximum atomic E-state index is 14.6. The topological polar surface area (TPSA) is 79.0 Å². The van der Waals surface area contributed by atoms with Crippen LogP contribution >= 0.6 is 11.8 Å². The Balaban J connectivity index is 1.57. The van der Waals surface area contributed by atoms with Crippen molar-refractivity contribution in [3.63, 3.8) is 0 Å². The van der Waals surface area contributed by atoms with E-state index in [9.17, 15) is 14.4 Å². The van der Waals surface area contributed by atoms with Crippen LogP contribution in [0.2, 0.25) is 0 Å². The van der Waals surface area contributed by atoms with Crippen LogP contribution in [-0.2, 0) is 19.9 Å². The van der Waals surface area contributed by atoms with Gasteiger partial charge in [0.05, 0.1) is 11.4 Å². The third-order valence-corrected chi connectivity index (χ3v) is 8.39. The van der Waals surface area contributed by atoms with E-state index in [1.165, 1.54) is 11.8 Å². The molecule has 8 heteroatoms. The molecule has 3 aromatic rings. The van der Waals surface area contributed by atoms with Crippen molar-refractivity contribution in [1.82, 2.24) is 4.90 Å². The summed E-state index contributed by atoms with van der Waals surface area (Å²) in [6.07, 6.45) is -0.361. The van der Waals surface area contributed by atoms with Crippen LogP contribution in [0.3, 0.4) is 0 Å². The fourth-order valence-corrected chi connectivity index (χ4v) is 6.80. The average Bonchev–Trinajstić information content (AvgIpc) is 3.32. The van der Waals surface area contributed by atoms with Gasteiger partial charge in [0.2, 0.25) is 23.4 Å². The molecule has 35 heavy (non-hydrogen) atoms. The highest BCUT2D eigenvalue weighted by Gasteiger charge is 2.73. The van der Waals surface area contributed by atoms with Gasteiger partial charge in [0.25, 0.3) is 0 Å². The lowest BCUT2D eigenvalue weighted by molar-refractivity contribution is -0.153. The number of amides is 2. The molecule has 7 rings (SSSR count). The number of carbonyl (C=O) groups is 3. The van der Waals surface area contributed by atoms with Gasteiger partial charge in [-0.15, -0.1) is 11.8 Å². The van der Waals surface area contributed by atoms with Gasteiger partial charge >= 0.3 is 0 Å². The fourth-order valence-electron chi connectivity index (χ4n) is 5.92. The summed E-state index contributed by atoms with van der Waals surface area (Å²) in [7, 11) is 0. The number of fused-ring (bicyclic) bond motifs is 6. The molecule has 1 spiro atoms.